The van der Waals surface area contributed by atoms with E-state index in [1.165, 1.54) is 11.1 Å². The molecule has 2 unspecified atom stereocenters. The Bertz CT molecular complexity index is 377. The van der Waals surface area contributed by atoms with Gasteiger partial charge in [0.05, 0.1) is 0 Å². The number of nitrogens with zero attached hydrogens (tertiary/aromatic N) is 1. The van der Waals surface area contributed by atoms with Crippen LogP contribution in [-0.2, 0) is 6.54 Å². The quantitative estimate of drug-likeness (QED) is 0.886. The minimum Gasteiger partial charge on any atom is -0.327 e. The number of hydrogen-bond donors (Lipinski definition) is 1. The van der Waals surface area contributed by atoms with Crippen molar-refractivity contribution in [1.82, 2.24) is 4.90 Å². The van der Waals surface area contributed by atoms with Gasteiger partial charge in [-0.05, 0) is 31.9 Å². The van der Waals surface area contributed by atoms with Gasteiger partial charge in [0.2, 0.25) is 0 Å². The molecule has 0 bridgehead atoms. The van der Waals surface area contributed by atoms with Crippen LogP contribution in [0.3, 0.4) is 0 Å². The second-order valence-electron chi connectivity index (χ2n) is 6.57. The molecule has 0 fully saturated rings. The Balaban J connectivity index is 2.82. The Morgan fingerprint density at radius 3 is 2.33 bits per heavy atom. The summed E-state index contributed by atoms with van der Waals surface area (Å²) in [6.07, 6.45) is 0. The van der Waals surface area contributed by atoms with Crippen LogP contribution in [-0.4, -0.2) is 24.0 Å². The maximum absolute atomic E-state index is 6.17. The third-order valence-corrected chi connectivity index (χ3v) is 3.37. The largest absolute Gasteiger partial charge is 0.327 e. The molecule has 2 atom stereocenters. The van der Waals surface area contributed by atoms with Crippen molar-refractivity contribution in [2.45, 2.75) is 53.2 Å². The molecule has 1 aromatic rings. The smallest absolute Gasteiger partial charge is 0.0293 e. The molecule has 1 aromatic carbocycles. The summed E-state index contributed by atoms with van der Waals surface area (Å²) in [5.74, 6) is 0. The number of aryl methyl sites for hydroxylation is 1. The van der Waals surface area contributed by atoms with Crippen LogP contribution in [0.1, 0.15) is 38.8 Å². The fourth-order valence-electron chi connectivity index (χ4n) is 3.05. The molecule has 0 heterocycles. The van der Waals surface area contributed by atoms with E-state index in [-0.39, 0.29) is 11.5 Å². The Labute approximate surface area is 112 Å². The van der Waals surface area contributed by atoms with Crippen LogP contribution in [0.2, 0.25) is 0 Å². The van der Waals surface area contributed by atoms with Gasteiger partial charge in [-0.15, -0.1) is 0 Å². The average Bonchev–Trinajstić information content (AvgIpc) is 2.13. The fraction of sp³-hybridized carbons (Fsp3) is 0.625. The van der Waals surface area contributed by atoms with Crippen molar-refractivity contribution in [2.75, 3.05) is 7.05 Å². The molecular weight excluding hydrogens is 220 g/mol. The van der Waals surface area contributed by atoms with E-state index >= 15 is 0 Å². The normalized spacial score (nSPS) is 15.8. The van der Waals surface area contributed by atoms with Gasteiger partial charge in [0.15, 0.2) is 0 Å². The van der Waals surface area contributed by atoms with Crippen molar-refractivity contribution in [1.29, 1.82) is 0 Å². The first-order chi connectivity index (χ1) is 8.21. The van der Waals surface area contributed by atoms with Gasteiger partial charge in [0.1, 0.15) is 0 Å². The van der Waals surface area contributed by atoms with Crippen LogP contribution < -0.4 is 5.73 Å². The molecule has 102 valence electrons. The zero-order chi connectivity index (χ0) is 13.9. The van der Waals surface area contributed by atoms with Crippen molar-refractivity contribution >= 4 is 0 Å². The standard InChI is InChI=1S/C16H28N2/c1-12-8-7-9-14(10-12)11-18(6)15(13(2)17)16(3,4)5/h7-10,13,15H,11,17H2,1-6H3. The average molecular weight is 248 g/mol. The first kappa shape index (κ1) is 15.2. The van der Waals surface area contributed by atoms with Crippen LogP contribution in [0.4, 0.5) is 0 Å². The number of rotatable bonds is 4. The molecule has 0 saturated carbocycles. The van der Waals surface area contributed by atoms with E-state index in [0.717, 1.165) is 6.54 Å². The lowest BCUT2D eigenvalue weighted by Crippen LogP contribution is -2.51. The summed E-state index contributed by atoms with van der Waals surface area (Å²) in [7, 11) is 2.17. The molecule has 0 amide bonds. The van der Waals surface area contributed by atoms with Crippen molar-refractivity contribution < 1.29 is 0 Å². The van der Waals surface area contributed by atoms with E-state index in [9.17, 15) is 0 Å². The maximum Gasteiger partial charge on any atom is 0.0293 e. The lowest BCUT2D eigenvalue weighted by atomic mass is 9.82. The van der Waals surface area contributed by atoms with Gasteiger partial charge >= 0.3 is 0 Å². The number of benzene rings is 1. The van der Waals surface area contributed by atoms with E-state index in [1.54, 1.807) is 0 Å². The van der Waals surface area contributed by atoms with Gasteiger partial charge in [0.25, 0.3) is 0 Å². The summed E-state index contributed by atoms with van der Waals surface area (Å²) >= 11 is 0. The van der Waals surface area contributed by atoms with Crippen LogP contribution in [0.15, 0.2) is 24.3 Å². The molecule has 1 rings (SSSR count). The van der Waals surface area contributed by atoms with Gasteiger partial charge in [-0.3, -0.25) is 4.90 Å². The Morgan fingerprint density at radius 2 is 1.89 bits per heavy atom. The highest BCUT2D eigenvalue weighted by Crippen LogP contribution is 2.26. The highest BCUT2D eigenvalue weighted by atomic mass is 15.2. The summed E-state index contributed by atoms with van der Waals surface area (Å²) < 4.78 is 0. The fourth-order valence-corrected chi connectivity index (χ4v) is 3.05. The zero-order valence-electron chi connectivity index (χ0n) is 12.7. The summed E-state index contributed by atoms with van der Waals surface area (Å²) in [4.78, 5) is 2.37. The maximum atomic E-state index is 6.17. The molecule has 2 nitrogen and oxygen atoms in total. The molecule has 2 N–H and O–H groups in total. The predicted molar refractivity (Wildman–Crippen MR) is 79.5 cm³/mol. The van der Waals surface area contributed by atoms with Gasteiger partial charge in [0, 0.05) is 18.6 Å². The minimum absolute atomic E-state index is 0.166. The van der Waals surface area contributed by atoms with Crippen LogP contribution in [0, 0.1) is 12.3 Å². The molecule has 18 heavy (non-hydrogen) atoms. The molecule has 2 heteroatoms. The Kier molecular flexibility index (Phi) is 4.94. The van der Waals surface area contributed by atoms with Gasteiger partial charge in [-0.2, -0.15) is 0 Å². The van der Waals surface area contributed by atoms with Gasteiger partial charge < -0.3 is 5.73 Å². The molecule has 0 saturated heterocycles. The third-order valence-electron chi connectivity index (χ3n) is 3.37. The number of likely N-dealkylation sites (N-methyl/N-ethyl adjacent to an activating group) is 1. The minimum atomic E-state index is 0.166. The molecule has 0 aliphatic heterocycles. The van der Waals surface area contributed by atoms with E-state index in [4.69, 9.17) is 5.73 Å². The van der Waals surface area contributed by atoms with E-state index in [2.05, 4.69) is 70.8 Å². The predicted octanol–water partition coefficient (Wildman–Crippen LogP) is 3.19. The first-order valence-electron chi connectivity index (χ1n) is 6.73. The highest BCUT2D eigenvalue weighted by molar-refractivity contribution is 5.22. The second-order valence-corrected chi connectivity index (χ2v) is 6.57. The van der Waals surface area contributed by atoms with Crippen LogP contribution in [0.5, 0.6) is 0 Å². The monoisotopic (exact) mass is 248 g/mol. The topological polar surface area (TPSA) is 29.3 Å². The molecular formula is C16H28N2. The van der Waals surface area contributed by atoms with Crippen molar-refractivity contribution in [3.05, 3.63) is 35.4 Å². The van der Waals surface area contributed by atoms with Crippen LogP contribution in [0.25, 0.3) is 0 Å². The number of nitrogens with two attached hydrogens (primary N) is 1. The Hall–Kier alpha value is -0.860. The van der Waals surface area contributed by atoms with Gasteiger partial charge in [-0.1, -0.05) is 50.6 Å². The third kappa shape index (κ3) is 4.11. The summed E-state index contributed by atoms with van der Waals surface area (Å²) in [6.45, 7) is 12.0. The first-order valence-corrected chi connectivity index (χ1v) is 6.73. The number of hydrogen-bond acceptors (Lipinski definition) is 2. The molecule has 0 aromatic heterocycles. The highest BCUT2D eigenvalue weighted by Gasteiger charge is 2.31. The van der Waals surface area contributed by atoms with Crippen molar-refractivity contribution in [3.63, 3.8) is 0 Å². The van der Waals surface area contributed by atoms with E-state index < -0.39 is 0 Å². The van der Waals surface area contributed by atoms with E-state index in [1.807, 2.05) is 0 Å². The van der Waals surface area contributed by atoms with Crippen molar-refractivity contribution in [3.8, 4) is 0 Å². The molecule has 0 spiro atoms. The van der Waals surface area contributed by atoms with Crippen molar-refractivity contribution in [2.24, 2.45) is 11.1 Å². The summed E-state index contributed by atoms with van der Waals surface area (Å²) in [5, 5.41) is 0. The zero-order valence-corrected chi connectivity index (χ0v) is 12.7. The SMILES string of the molecule is Cc1cccc(CN(C)C(C(C)N)C(C)(C)C)c1. The van der Waals surface area contributed by atoms with E-state index in [0.29, 0.717) is 6.04 Å². The Morgan fingerprint density at radius 1 is 1.28 bits per heavy atom. The lowest BCUT2D eigenvalue weighted by Gasteiger charge is -2.40. The summed E-state index contributed by atoms with van der Waals surface area (Å²) in [5.41, 5.74) is 9.02. The second kappa shape index (κ2) is 5.85. The molecule has 0 radical (unpaired) electrons. The summed E-state index contributed by atoms with van der Waals surface area (Å²) in [6, 6.07) is 9.23. The lowest BCUT2D eigenvalue weighted by molar-refractivity contribution is 0.100. The van der Waals surface area contributed by atoms with Crippen LogP contribution >= 0.6 is 0 Å². The molecule has 0 aliphatic carbocycles. The van der Waals surface area contributed by atoms with Gasteiger partial charge in [-0.25, -0.2) is 0 Å². The molecule has 0 aliphatic rings.